The molecule has 4 atom stereocenters. The van der Waals surface area contributed by atoms with Gasteiger partial charge in [0.05, 0.1) is 26.1 Å². The molecule has 2 aliphatic heterocycles. The van der Waals surface area contributed by atoms with Crippen LogP contribution in [0, 0.1) is 0 Å². The number of carboxylic acids is 2. The number of carbonyl (C=O) groups excluding carboxylic acids is 2. The van der Waals surface area contributed by atoms with E-state index in [1.54, 1.807) is 0 Å². The van der Waals surface area contributed by atoms with Crippen LogP contribution in [0.15, 0.2) is 12.2 Å². The predicted octanol–water partition coefficient (Wildman–Crippen LogP) is -0.887. The highest BCUT2D eigenvalue weighted by Gasteiger charge is 2.51. The highest BCUT2D eigenvalue weighted by Crippen LogP contribution is 2.30. The van der Waals surface area contributed by atoms with Crippen LogP contribution in [0.1, 0.15) is 12.8 Å². The third kappa shape index (κ3) is 4.77. The summed E-state index contributed by atoms with van der Waals surface area (Å²) in [4.78, 5) is 43.8. The minimum atomic E-state index is -1.28. The molecule has 2 fully saturated rings. The summed E-state index contributed by atoms with van der Waals surface area (Å²) < 4.78 is 21.0. The zero-order valence-corrected chi connectivity index (χ0v) is 12.5. The van der Waals surface area contributed by atoms with E-state index in [1.807, 2.05) is 0 Å². The largest absolute Gasteiger partial charge is 0.481 e. The van der Waals surface area contributed by atoms with Crippen molar-refractivity contribution in [1.29, 1.82) is 0 Å². The van der Waals surface area contributed by atoms with E-state index in [-0.39, 0.29) is 26.1 Å². The molecule has 0 bridgehead atoms. The Kier molecular flexibility index (Phi) is 5.88. The number of hydrogen-bond acceptors (Lipinski definition) is 8. The molecule has 0 radical (unpaired) electrons. The highest BCUT2D eigenvalue weighted by atomic mass is 16.7. The third-order valence-corrected chi connectivity index (χ3v) is 3.42. The molecular formula is C14H16O10. The van der Waals surface area contributed by atoms with Crippen LogP contribution in [-0.4, -0.2) is 71.7 Å². The average Bonchev–Trinajstić information content (AvgIpc) is 3.07. The molecule has 2 heterocycles. The molecule has 132 valence electrons. The number of fused-ring (bicyclic) bond motifs is 1. The van der Waals surface area contributed by atoms with Gasteiger partial charge in [-0.25, -0.2) is 9.59 Å². The number of hydrogen-bond donors (Lipinski definition) is 2. The molecule has 0 saturated carbocycles. The SMILES string of the molecule is O=C(O)/C=C/C(=O)O[C@@H]1CO[C@H]2[C@@H]1OC[C@@H]2OC(=O)CCC(=O)O. The Hall–Kier alpha value is -2.46. The van der Waals surface area contributed by atoms with Crippen molar-refractivity contribution in [2.45, 2.75) is 37.3 Å². The Balaban J connectivity index is 1.83. The fourth-order valence-corrected chi connectivity index (χ4v) is 2.40. The molecule has 24 heavy (non-hydrogen) atoms. The van der Waals surface area contributed by atoms with E-state index in [0.29, 0.717) is 6.08 Å². The molecule has 2 N–H and O–H groups in total. The van der Waals surface area contributed by atoms with Crippen LogP contribution in [-0.2, 0) is 38.1 Å². The van der Waals surface area contributed by atoms with Crippen LogP contribution in [0.25, 0.3) is 0 Å². The lowest BCUT2D eigenvalue weighted by molar-refractivity contribution is -0.156. The van der Waals surface area contributed by atoms with Gasteiger partial charge in [-0.3, -0.25) is 9.59 Å². The first-order valence-electron chi connectivity index (χ1n) is 7.13. The Labute approximate surface area is 135 Å². The van der Waals surface area contributed by atoms with Gasteiger partial charge < -0.3 is 29.2 Å². The van der Waals surface area contributed by atoms with Crippen molar-refractivity contribution in [2.75, 3.05) is 13.2 Å². The van der Waals surface area contributed by atoms with Crippen LogP contribution >= 0.6 is 0 Å². The van der Waals surface area contributed by atoms with Gasteiger partial charge in [-0.05, 0) is 0 Å². The number of aliphatic carboxylic acids is 2. The highest BCUT2D eigenvalue weighted by molar-refractivity contribution is 5.90. The maximum atomic E-state index is 11.6. The number of rotatable bonds is 7. The molecule has 2 rings (SSSR count). The fraction of sp³-hybridized carbons (Fsp3) is 0.571. The minimum Gasteiger partial charge on any atom is -0.481 e. The monoisotopic (exact) mass is 344 g/mol. The standard InChI is InChI=1S/C14H16O10/c15-9(16)1-3-11(19)23-7-5-21-14-8(6-22-13(7)14)24-12(20)4-2-10(17)18/h1,3,7-8,13-14H,2,4-6H2,(H,15,16)(H,17,18)/b3-1+/t7-,8+,13-,14-/m1/s1. The minimum absolute atomic E-state index is 0.0190. The predicted molar refractivity (Wildman–Crippen MR) is 72.9 cm³/mol. The van der Waals surface area contributed by atoms with Crippen LogP contribution in [0.3, 0.4) is 0 Å². The zero-order valence-electron chi connectivity index (χ0n) is 12.5. The van der Waals surface area contributed by atoms with E-state index in [4.69, 9.17) is 29.2 Å². The van der Waals surface area contributed by atoms with Crippen molar-refractivity contribution in [3.8, 4) is 0 Å². The zero-order chi connectivity index (χ0) is 17.7. The van der Waals surface area contributed by atoms with E-state index in [1.165, 1.54) is 0 Å². The molecular weight excluding hydrogens is 328 g/mol. The first-order chi connectivity index (χ1) is 11.4. The smallest absolute Gasteiger partial charge is 0.331 e. The Morgan fingerprint density at radius 2 is 1.50 bits per heavy atom. The molecule has 2 saturated heterocycles. The van der Waals surface area contributed by atoms with Crippen molar-refractivity contribution in [3.05, 3.63) is 12.2 Å². The van der Waals surface area contributed by atoms with Gasteiger partial charge in [-0.15, -0.1) is 0 Å². The van der Waals surface area contributed by atoms with Gasteiger partial charge >= 0.3 is 23.9 Å². The van der Waals surface area contributed by atoms with Crippen LogP contribution in [0.5, 0.6) is 0 Å². The van der Waals surface area contributed by atoms with E-state index in [2.05, 4.69) is 0 Å². The van der Waals surface area contributed by atoms with Gasteiger partial charge in [0.15, 0.2) is 12.2 Å². The summed E-state index contributed by atoms with van der Waals surface area (Å²) in [6.45, 7) is 0.0539. The normalized spacial score (nSPS) is 28.5. The lowest BCUT2D eigenvalue weighted by Gasteiger charge is -2.16. The Morgan fingerprint density at radius 3 is 2.04 bits per heavy atom. The quantitative estimate of drug-likeness (QED) is 0.440. The molecule has 0 aromatic rings. The van der Waals surface area contributed by atoms with E-state index in [9.17, 15) is 19.2 Å². The average molecular weight is 344 g/mol. The van der Waals surface area contributed by atoms with Gasteiger partial charge in [0.2, 0.25) is 0 Å². The number of esters is 2. The van der Waals surface area contributed by atoms with Crippen LogP contribution < -0.4 is 0 Å². The fourth-order valence-electron chi connectivity index (χ4n) is 2.40. The summed E-state index contributed by atoms with van der Waals surface area (Å²) in [5.41, 5.74) is 0. The van der Waals surface area contributed by atoms with Gasteiger partial charge in [0, 0.05) is 12.2 Å². The topological polar surface area (TPSA) is 146 Å². The van der Waals surface area contributed by atoms with Crippen LogP contribution in [0.4, 0.5) is 0 Å². The van der Waals surface area contributed by atoms with E-state index >= 15 is 0 Å². The van der Waals surface area contributed by atoms with Crippen molar-refractivity contribution in [2.24, 2.45) is 0 Å². The molecule has 0 spiro atoms. The lowest BCUT2D eigenvalue weighted by atomic mass is 10.1. The van der Waals surface area contributed by atoms with Crippen molar-refractivity contribution in [3.63, 3.8) is 0 Å². The van der Waals surface area contributed by atoms with Gasteiger partial charge in [0.1, 0.15) is 12.2 Å². The molecule has 10 nitrogen and oxygen atoms in total. The molecule has 0 unspecified atom stereocenters. The summed E-state index contributed by atoms with van der Waals surface area (Å²) >= 11 is 0. The van der Waals surface area contributed by atoms with Gasteiger partial charge in [-0.1, -0.05) is 0 Å². The summed E-state index contributed by atoms with van der Waals surface area (Å²) in [6, 6.07) is 0. The first kappa shape index (κ1) is 17.9. The second-order valence-corrected chi connectivity index (χ2v) is 5.16. The number of carboxylic acid groups (broad SMARTS) is 2. The van der Waals surface area contributed by atoms with Gasteiger partial charge in [0.25, 0.3) is 0 Å². The number of ether oxygens (including phenoxy) is 4. The summed E-state index contributed by atoms with van der Waals surface area (Å²) in [6.07, 6.45) is -1.89. The van der Waals surface area contributed by atoms with Crippen molar-refractivity contribution >= 4 is 23.9 Å². The molecule has 0 aromatic heterocycles. The molecule has 0 aliphatic carbocycles. The maximum absolute atomic E-state index is 11.6. The molecule has 10 heteroatoms. The van der Waals surface area contributed by atoms with Gasteiger partial charge in [-0.2, -0.15) is 0 Å². The van der Waals surface area contributed by atoms with E-state index in [0.717, 1.165) is 6.08 Å². The summed E-state index contributed by atoms with van der Waals surface area (Å²) in [7, 11) is 0. The van der Waals surface area contributed by atoms with Crippen molar-refractivity contribution < 1.29 is 48.3 Å². The summed E-state index contributed by atoms with van der Waals surface area (Å²) in [5.74, 6) is -3.92. The lowest BCUT2D eigenvalue weighted by Crippen LogP contribution is -2.35. The molecule has 0 aromatic carbocycles. The third-order valence-electron chi connectivity index (χ3n) is 3.42. The number of carbonyl (C=O) groups is 4. The Morgan fingerprint density at radius 1 is 0.917 bits per heavy atom. The molecule has 2 aliphatic rings. The Bertz CT molecular complexity index is 554. The van der Waals surface area contributed by atoms with E-state index < -0.39 is 48.3 Å². The van der Waals surface area contributed by atoms with Crippen LogP contribution in [0.2, 0.25) is 0 Å². The maximum Gasteiger partial charge on any atom is 0.331 e. The first-order valence-corrected chi connectivity index (χ1v) is 7.13. The second-order valence-electron chi connectivity index (χ2n) is 5.16. The molecule has 0 amide bonds. The van der Waals surface area contributed by atoms with Crippen molar-refractivity contribution in [1.82, 2.24) is 0 Å². The summed E-state index contributed by atoms with van der Waals surface area (Å²) in [5, 5.41) is 17.0. The second kappa shape index (κ2) is 7.88.